The van der Waals surface area contributed by atoms with E-state index < -0.39 is 0 Å². The van der Waals surface area contributed by atoms with Gasteiger partial charge in [-0.1, -0.05) is 17.3 Å². The number of amides is 1. The molecule has 134 valence electrons. The highest BCUT2D eigenvalue weighted by Crippen LogP contribution is 2.24. The number of carbonyl (C=O) groups excluding carboxylic acids is 1. The Morgan fingerprint density at radius 3 is 2.78 bits per heavy atom. The van der Waals surface area contributed by atoms with Crippen LogP contribution in [-0.4, -0.2) is 35.9 Å². The Balaban J connectivity index is 1.56. The fraction of sp³-hybridized carbons (Fsp3) is 0.111. The second-order valence-electron chi connectivity index (χ2n) is 5.81. The van der Waals surface area contributed by atoms with Gasteiger partial charge < -0.3 is 0 Å². The normalized spacial score (nSPS) is 10.7. The lowest BCUT2D eigenvalue weighted by Crippen LogP contribution is -2.17. The summed E-state index contributed by atoms with van der Waals surface area (Å²) in [6, 6.07) is 9.28. The monoisotopic (exact) mass is 377 g/mol. The van der Waals surface area contributed by atoms with Crippen molar-refractivity contribution in [1.29, 1.82) is 0 Å². The summed E-state index contributed by atoms with van der Waals surface area (Å²) in [5, 5.41) is 12.9. The molecule has 4 heterocycles. The summed E-state index contributed by atoms with van der Waals surface area (Å²) in [4.78, 5) is 25.8. The van der Waals surface area contributed by atoms with Crippen LogP contribution in [0.1, 0.15) is 21.7 Å². The van der Waals surface area contributed by atoms with Gasteiger partial charge in [0.1, 0.15) is 5.69 Å². The molecular formula is C18H15N7OS. The lowest BCUT2D eigenvalue weighted by Gasteiger charge is -2.04. The Morgan fingerprint density at radius 1 is 1.11 bits per heavy atom. The van der Waals surface area contributed by atoms with Crippen molar-refractivity contribution in [3.05, 3.63) is 65.1 Å². The molecule has 0 saturated heterocycles. The maximum Gasteiger partial charge on any atom is 0.277 e. The zero-order chi connectivity index (χ0) is 18.8. The standard InChI is InChI=1S/C18H15N7OS/c1-11-6-7-13(21-12(11)2)14-10-27-18(22-14)23-17(26)15-9-20-24-25(15)16-5-3-4-8-19-16/h3-10H,1-2H3,(H,22,23,26). The van der Waals surface area contributed by atoms with E-state index in [9.17, 15) is 4.79 Å². The number of rotatable bonds is 4. The van der Waals surface area contributed by atoms with Crippen LogP contribution in [0, 0.1) is 13.8 Å². The molecule has 1 N–H and O–H groups in total. The lowest BCUT2D eigenvalue weighted by molar-refractivity contribution is 0.101. The van der Waals surface area contributed by atoms with Gasteiger partial charge in [-0.15, -0.1) is 16.4 Å². The summed E-state index contributed by atoms with van der Waals surface area (Å²) in [6.07, 6.45) is 3.02. The van der Waals surface area contributed by atoms with E-state index in [4.69, 9.17) is 0 Å². The minimum Gasteiger partial charge on any atom is -0.296 e. The van der Waals surface area contributed by atoms with E-state index in [0.717, 1.165) is 22.6 Å². The van der Waals surface area contributed by atoms with Crippen molar-refractivity contribution in [2.24, 2.45) is 0 Å². The summed E-state index contributed by atoms with van der Waals surface area (Å²) < 4.78 is 1.38. The number of pyridine rings is 2. The van der Waals surface area contributed by atoms with Gasteiger partial charge in [0.25, 0.3) is 5.91 Å². The molecule has 4 rings (SSSR count). The van der Waals surface area contributed by atoms with E-state index in [1.165, 1.54) is 22.2 Å². The van der Waals surface area contributed by atoms with Crippen LogP contribution < -0.4 is 5.32 Å². The van der Waals surface area contributed by atoms with Gasteiger partial charge in [-0.2, -0.15) is 4.68 Å². The SMILES string of the molecule is Cc1ccc(-c2csc(NC(=O)c3cnnn3-c3ccccn3)n2)nc1C. The van der Waals surface area contributed by atoms with E-state index in [-0.39, 0.29) is 11.6 Å². The Bertz CT molecular complexity index is 1100. The number of anilines is 1. The highest BCUT2D eigenvalue weighted by molar-refractivity contribution is 7.14. The predicted molar refractivity (Wildman–Crippen MR) is 102 cm³/mol. The third-order valence-electron chi connectivity index (χ3n) is 3.99. The molecule has 0 spiro atoms. The summed E-state index contributed by atoms with van der Waals surface area (Å²) in [5.41, 5.74) is 3.84. The van der Waals surface area contributed by atoms with Crippen molar-refractivity contribution in [1.82, 2.24) is 29.9 Å². The molecule has 4 aromatic rings. The molecule has 9 heteroatoms. The number of nitrogens with zero attached hydrogens (tertiary/aromatic N) is 6. The van der Waals surface area contributed by atoms with Gasteiger partial charge in [-0.05, 0) is 37.6 Å². The maximum atomic E-state index is 12.6. The van der Waals surface area contributed by atoms with E-state index in [2.05, 4.69) is 30.6 Å². The van der Waals surface area contributed by atoms with Crippen LogP contribution in [0.15, 0.2) is 48.1 Å². The summed E-state index contributed by atoms with van der Waals surface area (Å²) in [6.45, 7) is 3.97. The molecule has 4 aromatic heterocycles. The van der Waals surface area contributed by atoms with Gasteiger partial charge in [-0.3, -0.25) is 15.1 Å². The van der Waals surface area contributed by atoms with Gasteiger partial charge in [0, 0.05) is 17.3 Å². The van der Waals surface area contributed by atoms with E-state index in [1.54, 1.807) is 18.3 Å². The Hall–Kier alpha value is -3.46. The highest BCUT2D eigenvalue weighted by Gasteiger charge is 2.17. The first-order valence-electron chi connectivity index (χ1n) is 8.15. The van der Waals surface area contributed by atoms with Gasteiger partial charge in [0.15, 0.2) is 16.6 Å². The van der Waals surface area contributed by atoms with Crippen molar-refractivity contribution in [2.75, 3.05) is 5.32 Å². The summed E-state index contributed by atoms with van der Waals surface area (Å²) in [5.74, 6) is 0.152. The van der Waals surface area contributed by atoms with Gasteiger partial charge >= 0.3 is 0 Å². The minimum atomic E-state index is -0.361. The van der Waals surface area contributed by atoms with E-state index in [0.29, 0.717) is 10.9 Å². The van der Waals surface area contributed by atoms with E-state index in [1.807, 2.05) is 37.4 Å². The molecule has 0 aliphatic carbocycles. The van der Waals surface area contributed by atoms with Crippen molar-refractivity contribution in [3.63, 3.8) is 0 Å². The molecule has 0 aliphatic heterocycles. The quantitative estimate of drug-likeness (QED) is 0.587. The highest BCUT2D eigenvalue weighted by atomic mass is 32.1. The molecule has 0 unspecified atom stereocenters. The fourth-order valence-electron chi connectivity index (χ4n) is 2.42. The first-order valence-corrected chi connectivity index (χ1v) is 9.03. The summed E-state index contributed by atoms with van der Waals surface area (Å²) >= 11 is 1.33. The largest absolute Gasteiger partial charge is 0.296 e. The molecular weight excluding hydrogens is 362 g/mol. The van der Waals surface area contributed by atoms with Crippen LogP contribution in [0.4, 0.5) is 5.13 Å². The molecule has 1 amide bonds. The van der Waals surface area contributed by atoms with Crippen LogP contribution in [-0.2, 0) is 0 Å². The molecule has 0 radical (unpaired) electrons. The third-order valence-corrected chi connectivity index (χ3v) is 4.74. The maximum absolute atomic E-state index is 12.6. The predicted octanol–water partition coefficient (Wildman–Crippen LogP) is 3.05. The van der Waals surface area contributed by atoms with Crippen LogP contribution in [0.3, 0.4) is 0 Å². The molecule has 27 heavy (non-hydrogen) atoms. The van der Waals surface area contributed by atoms with Crippen LogP contribution in [0.25, 0.3) is 17.2 Å². The lowest BCUT2D eigenvalue weighted by atomic mass is 10.2. The molecule has 0 aliphatic rings. The smallest absolute Gasteiger partial charge is 0.277 e. The Labute approximate surface area is 159 Å². The van der Waals surface area contributed by atoms with Gasteiger partial charge in [0.2, 0.25) is 0 Å². The number of aromatic nitrogens is 6. The molecule has 8 nitrogen and oxygen atoms in total. The third kappa shape index (κ3) is 3.44. The first-order chi connectivity index (χ1) is 13.1. The van der Waals surface area contributed by atoms with Gasteiger partial charge in [0.05, 0.1) is 11.9 Å². The van der Waals surface area contributed by atoms with Crippen molar-refractivity contribution >= 4 is 22.4 Å². The first kappa shape index (κ1) is 17.0. The van der Waals surface area contributed by atoms with Crippen molar-refractivity contribution in [3.8, 4) is 17.2 Å². The number of hydrogen-bond donors (Lipinski definition) is 1. The van der Waals surface area contributed by atoms with Crippen molar-refractivity contribution in [2.45, 2.75) is 13.8 Å². The van der Waals surface area contributed by atoms with Crippen molar-refractivity contribution < 1.29 is 4.79 Å². The minimum absolute atomic E-state index is 0.273. The second-order valence-corrected chi connectivity index (χ2v) is 6.67. The van der Waals surface area contributed by atoms with Crippen LogP contribution in [0.2, 0.25) is 0 Å². The Morgan fingerprint density at radius 2 is 2.00 bits per heavy atom. The number of hydrogen-bond acceptors (Lipinski definition) is 7. The number of thiazole rings is 1. The average Bonchev–Trinajstić information content (AvgIpc) is 3.34. The van der Waals surface area contributed by atoms with Gasteiger partial charge in [-0.25, -0.2) is 9.97 Å². The Kier molecular flexibility index (Phi) is 4.43. The molecule has 0 saturated carbocycles. The molecule has 0 atom stereocenters. The molecule has 0 bridgehead atoms. The van der Waals surface area contributed by atoms with Crippen LogP contribution in [0.5, 0.6) is 0 Å². The topological polar surface area (TPSA) is 98.5 Å². The summed E-state index contributed by atoms with van der Waals surface area (Å²) in [7, 11) is 0. The second kappa shape index (κ2) is 7.04. The zero-order valence-corrected chi connectivity index (χ0v) is 15.4. The van der Waals surface area contributed by atoms with Crippen LogP contribution >= 0.6 is 11.3 Å². The zero-order valence-electron chi connectivity index (χ0n) is 14.6. The molecule has 0 aromatic carbocycles. The number of aryl methyl sites for hydroxylation is 2. The number of nitrogens with one attached hydrogen (secondary N) is 1. The fourth-order valence-corrected chi connectivity index (χ4v) is 3.12. The average molecular weight is 377 g/mol. The molecule has 0 fully saturated rings. The number of carbonyl (C=O) groups is 1. The van der Waals surface area contributed by atoms with E-state index >= 15 is 0 Å².